The van der Waals surface area contributed by atoms with E-state index in [-0.39, 0.29) is 25.3 Å². The first-order valence-electron chi connectivity index (χ1n) is 9.16. The molecule has 0 aromatic carbocycles. The molecule has 0 rings (SSSR count). The van der Waals surface area contributed by atoms with Crippen LogP contribution in [0.15, 0.2) is 4.99 Å². The van der Waals surface area contributed by atoms with Gasteiger partial charge < -0.3 is 48.5 Å². The van der Waals surface area contributed by atoms with Crippen LogP contribution in [-0.4, -0.2) is 88.3 Å². The Morgan fingerprint density at radius 2 is 1.52 bits per heavy atom. The lowest BCUT2D eigenvalue weighted by Crippen LogP contribution is -2.57. The van der Waals surface area contributed by atoms with Crippen molar-refractivity contribution in [2.75, 3.05) is 13.2 Å². The van der Waals surface area contributed by atoms with Gasteiger partial charge in [0.25, 0.3) is 0 Å². The first kappa shape index (κ1) is 27.5. The SMILES string of the molecule is CC(NC(=O)C(N)CO)C(=O)NC(CC(=O)O)C(=O)NC(CCCN=C(N)N)C(=O)O. The molecule has 0 aromatic rings. The van der Waals surface area contributed by atoms with Gasteiger partial charge in [0, 0.05) is 6.54 Å². The van der Waals surface area contributed by atoms with Crippen LogP contribution in [0.25, 0.3) is 0 Å². The Morgan fingerprint density at radius 3 is 2.00 bits per heavy atom. The number of carboxylic acid groups (broad SMARTS) is 2. The van der Waals surface area contributed by atoms with Crippen LogP contribution in [0.3, 0.4) is 0 Å². The van der Waals surface area contributed by atoms with E-state index in [4.69, 9.17) is 27.4 Å². The average molecular weight is 447 g/mol. The summed E-state index contributed by atoms with van der Waals surface area (Å²) in [6.07, 6.45) is -0.689. The third kappa shape index (κ3) is 11.3. The maximum absolute atomic E-state index is 12.4. The molecule has 4 unspecified atom stereocenters. The molecule has 0 fully saturated rings. The fourth-order valence-electron chi connectivity index (χ4n) is 2.18. The average Bonchev–Trinajstić information content (AvgIpc) is 2.67. The van der Waals surface area contributed by atoms with Crippen LogP contribution in [0, 0.1) is 0 Å². The first-order chi connectivity index (χ1) is 14.4. The van der Waals surface area contributed by atoms with E-state index in [1.165, 1.54) is 6.92 Å². The number of aliphatic carboxylic acids is 2. The van der Waals surface area contributed by atoms with E-state index in [0.29, 0.717) is 0 Å². The Labute approximate surface area is 177 Å². The predicted octanol–water partition coefficient (Wildman–Crippen LogP) is -4.61. The van der Waals surface area contributed by atoms with Gasteiger partial charge in [-0.25, -0.2) is 4.79 Å². The Hall–Kier alpha value is -3.46. The van der Waals surface area contributed by atoms with Crippen molar-refractivity contribution in [2.45, 2.75) is 50.4 Å². The molecule has 4 atom stereocenters. The fraction of sp³-hybridized carbons (Fsp3) is 0.625. The number of carbonyl (C=O) groups excluding carboxylic acids is 3. The topological polar surface area (TPSA) is 273 Å². The minimum atomic E-state index is -1.62. The number of rotatable bonds is 14. The zero-order chi connectivity index (χ0) is 24.1. The van der Waals surface area contributed by atoms with Gasteiger partial charge in [-0.3, -0.25) is 24.2 Å². The minimum Gasteiger partial charge on any atom is -0.481 e. The van der Waals surface area contributed by atoms with E-state index >= 15 is 0 Å². The van der Waals surface area contributed by atoms with Crippen LogP contribution in [0.1, 0.15) is 26.2 Å². The molecule has 176 valence electrons. The molecule has 0 aliphatic carbocycles. The monoisotopic (exact) mass is 447 g/mol. The maximum atomic E-state index is 12.4. The fourth-order valence-corrected chi connectivity index (χ4v) is 2.18. The van der Waals surface area contributed by atoms with Gasteiger partial charge in [0.1, 0.15) is 24.2 Å². The second kappa shape index (κ2) is 13.7. The molecule has 12 N–H and O–H groups in total. The van der Waals surface area contributed by atoms with Gasteiger partial charge in [0.15, 0.2) is 5.96 Å². The van der Waals surface area contributed by atoms with E-state index in [1.807, 2.05) is 0 Å². The molecular weight excluding hydrogens is 418 g/mol. The summed E-state index contributed by atoms with van der Waals surface area (Å²) in [5.74, 6) is -5.79. The molecule has 0 aromatic heterocycles. The lowest BCUT2D eigenvalue weighted by molar-refractivity contribution is -0.143. The Kier molecular flexibility index (Phi) is 12.2. The molecule has 3 amide bonds. The highest BCUT2D eigenvalue weighted by Crippen LogP contribution is 2.02. The number of guanidine groups is 1. The largest absolute Gasteiger partial charge is 0.481 e. The summed E-state index contributed by atoms with van der Waals surface area (Å²) in [5, 5.41) is 33.6. The first-order valence-corrected chi connectivity index (χ1v) is 9.16. The Balaban J connectivity index is 5.09. The van der Waals surface area contributed by atoms with Gasteiger partial charge in [-0.05, 0) is 19.8 Å². The number of hydrogen-bond acceptors (Lipinski definition) is 8. The summed E-state index contributed by atoms with van der Waals surface area (Å²) in [4.78, 5) is 62.4. The van der Waals surface area contributed by atoms with Gasteiger partial charge in [0.05, 0.1) is 13.0 Å². The van der Waals surface area contributed by atoms with Crippen molar-refractivity contribution in [1.29, 1.82) is 0 Å². The zero-order valence-electron chi connectivity index (χ0n) is 16.9. The second-order valence-electron chi connectivity index (χ2n) is 6.53. The number of aliphatic imine (C=N–C) groups is 1. The standard InChI is InChI=1S/C16H29N7O8/c1-7(21-13(28)8(17)6-24)12(27)23-10(5-11(25)26)14(29)22-9(15(30)31)3-2-4-20-16(18)19/h7-10,24H,2-6,17H2,1H3,(H,21,28)(H,22,29)(H,23,27)(H,25,26)(H,30,31)(H4,18,19,20). The third-order valence-electron chi connectivity index (χ3n) is 3.86. The van der Waals surface area contributed by atoms with Crippen LogP contribution < -0.4 is 33.2 Å². The van der Waals surface area contributed by atoms with Gasteiger partial charge in [-0.15, -0.1) is 0 Å². The molecule has 0 aliphatic heterocycles. The van der Waals surface area contributed by atoms with Crippen molar-refractivity contribution in [2.24, 2.45) is 22.2 Å². The highest BCUT2D eigenvalue weighted by atomic mass is 16.4. The van der Waals surface area contributed by atoms with Crippen molar-refractivity contribution < 1.29 is 39.3 Å². The quantitative estimate of drug-likeness (QED) is 0.0693. The van der Waals surface area contributed by atoms with Gasteiger partial charge in [-0.2, -0.15) is 0 Å². The number of aliphatic hydroxyl groups excluding tert-OH is 1. The van der Waals surface area contributed by atoms with Crippen LogP contribution in [0.4, 0.5) is 0 Å². The summed E-state index contributed by atoms with van der Waals surface area (Å²) in [6, 6.07) is -5.49. The number of nitrogens with two attached hydrogens (primary N) is 3. The van der Waals surface area contributed by atoms with Crippen LogP contribution in [-0.2, 0) is 24.0 Å². The number of carboxylic acids is 2. The third-order valence-corrected chi connectivity index (χ3v) is 3.86. The predicted molar refractivity (Wildman–Crippen MR) is 106 cm³/mol. The molecule has 0 bridgehead atoms. The van der Waals surface area contributed by atoms with Crippen LogP contribution in [0.5, 0.6) is 0 Å². The summed E-state index contributed by atoms with van der Waals surface area (Å²) < 4.78 is 0. The van der Waals surface area contributed by atoms with E-state index < -0.39 is 66.9 Å². The van der Waals surface area contributed by atoms with E-state index in [0.717, 1.165) is 0 Å². The molecule has 0 saturated heterocycles. The van der Waals surface area contributed by atoms with Crippen molar-refractivity contribution in [1.82, 2.24) is 16.0 Å². The number of nitrogens with zero attached hydrogens (tertiary/aromatic N) is 1. The number of aliphatic hydroxyl groups is 1. The molecule has 31 heavy (non-hydrogen) atoms. The van der Waals surface area contributed by atoms with Crippen molar-refractivity contribution in [3.05, 3.63) is 0 Å². The molecule has 0 aliphatic rings. The molecule has 15 heteroatoms. The van der Waals surface area contributed by atoms with E-state index in [2.05, 4.69) is 20.9 Å². The summed E-state index contributed by atoms with van der Waals surface area (Å²) in [5.41, 5.74) is 15.6. The number of hydrogen-bond donors (Lipinski definition) is 9. The van der Waals surface area contributed by atoms with Gasteiger partial charge in [0.2, 0.25) is 17.7 Å². The second-order valence-corrected chi connectivity index (χ2v) is 6.53. The van der Waals surface area contributed by atoms with Crippen LogP contribution >= 0.6 is 0 Å². The molecule has 0 radical (unpaired) electrons. The maximum Gasteiger partial charge on any atom is 0.326 e. The number of amides is 3. The molecular formula is C16H29N7O8. The van der Waals surface area contributed by atoms with Crippen molar-refractivity contribution in [3.63, 3.8) is 0 Å². The van der Waals surface area contributed by atoms with Gasteiger partial charge >= 0.3 is 11.9 Å². The van der Waals surface area contributed by atoms with E-state index in [9.17, 15) is 29.1 Å². The highest BCUT2D eigenvalue weighted by molar-refractivity contribution is 5.95. The van der Waals surface area contributed by atoms with Gasteiger partial charge in [-0.1, -0.05) is 0 Å². The normalized spacial score (nSPS) is 14.3. The molecule has 0 saturated carbocycles. The molecule has 0 spiro atoms. The minimum absolute atomic E-state index is 0.0584. The smallest absolute Gasteiger partial charge is 0.326 e. The number of carbonyl (C=O) groups is 5. The van der Waals surface area contributed by atoms with Crippen LogP contribution in [0.2, 0.25) is 0 Å². The molecule has 0 heterocycles. The summed E-state index contributed by atoms with van der Waals surface area (Å²) in [7, 11) is 0. The highest BCUT2D eigenvalue weighted by Gasteiger charge is 2.30. The summed E-state index contributed by atoms with van der Waals surface area (Å²) >= 11 is 0. The Morgan fingerprint density at radius 1 is 0.935 bits per heavy atom. The summed E-state index contributed by atoms with van der Waals surface area (Å²) in [6.45, 7) is 0.700. The Bertz CT molecular complexity index is 695. The van der Waals surface area contributed by atoms with Crippen molar-refractivity contribution >= 4 is 35.6 Å². The molecule has 15 nitrogen and oxygen atoms in total. The zero-order valence-corrected chi connectivity index (χ0v) is 16.9. The lowest BCUT2D eigenvalue weighted by atomic mass is 10.1. The van der Waals surface area contributed by atoms with Crippen molar-refractivity contribution in [3.8, 4) is 0 Å². The number of nitrogens with one attached hydrogen (secondary N) is 3. The van der Waals surface area contributed by atoms with E-state index in [1.54, 1.807) is 0 Å². The lowest BCUT2D eigenvalue weighted by Gasteiger charge is -2.22.